The van der Waals surface area contributed by atoms with Crippen LogP contribution in [0.5, 0.6) is 0 Å². The zero-order valence-corrected chi connectivity index (χ0v) is 13.0. The molecule has 98 valence electrons. The molecule has 0 bridgehead atoms. The number of nitrogens with one attached hydrogen (secondary N) is 1. The first-order valence-electron chi connectivity index (χ1n) is 6.03. The van der Waals surface area contributed by atoms with Gasteiger partial charge in [-0.15, -0.1) is 11.3 Å². The topological polar surface area (TPSA) is 29.1 Å². The molecule has 1 rings (SSSR count). The Bertz CT molecular complexity index is 387. The molecular formula is C13H23NOS2. The number of hydrogen-bond donors (Lipinski definition) is 1. The summed E-state index contributed by atoms with van der Waals surface area (Å²) in [4.78, 5) is 2.77. The van der Waals surface area contributed by atoms with E-state index in [4.69, 9.17) is 0 Å². The zero-order valence-electron chi connectivity index (χ0n) is 11.4. The van der Waals surface area contributed by atoms with Crippen molar-refractivity contribution in [2.75, 3.05) is 12.0 Å². The first-order valence-corrected chi connectivity index (χ1v) is 8.57. The van der Waals surface area contributed by atoms with Gasteiger partial charge in [0.2, 0.25) is 0 Å². The van der Waals surface area contributed by atoms with Gasteiger partial charge >= 0.3 is 0 Å². The lowest BCUT2D eigenvalue weighted by Crippen LogP contribution is -2.30. The van der Waals surface area contributed by atoms with Crippen molar-refractivity contribution in [1.29, 1.82) is 0 Å². The Morgan fingerprint density at radius 1 is 1.41 bits per heavy atom. The van der Waals surface area contributed by atoms with E-state index >= 15 is 0 Å². The van der Waals surface area contributed by atoms with Crippen LogP contribution in [0.25, 0.3) is 0 Å². The quantitative estimate of drug-likeness (QED) is 0.862. The van der Waals surface area contributed by atoms with Gasteiger partial charge in [0.05, 0.1) is 0 Å². The molecule has 1 aromatic heterocycles. The number of rotatable bonds is 6. The molecule has 0 aromatic carbocycles. The summed E-state index contributed by atoms with van der Waals surface area (Å²) in [6.07, 6.45) is 2.73. The number of hydrogen-bond acceptors (Lipinski definition) is 3. The Balaban J connectivity index is 2.51. The van der Waals surface area contributed by atoms with Crippen LogP contribution in [0, 0.1) is 13.8 Å². The van der Waals surface area contributed by atoms with E-state index in [-0.39, 0.29) is 0 Å². The third kappa shape index (κ3) is 4.90. The van der Waals surface area contributed by atoms with Crippen molar-refractivity contribution >= 4 is 22.1 Å². The van der Waals surface area contributed by atoms with Crippen LogP contribution in [-0.2, 0) is 10.8 Å². The number of aryl methyl sites for hydroxylation is 2. The lowest BCUT2D eigenvalue weighted by molar-refractivity contribution is 0.470. The van der Waals surface area contributed by atoms with Gasteiger partial charge in [0, 0.05) is 44.6 Å². The first kappa shape index (κ1) is 14.9. The lowest BCUT2D eigenvalue weighted by Gasteiger charge is -2.19. The van der Waals surface area contributed by atoms with Gasteiger partial charge in [-0.3, -0.25) is 4.21 Å². The second kappa shape index (κ2) is 6.66. The second-order valence-corrected chi connectivity index (χ2v) is 7.74. The number of thiophene rings is 1. The molecule has 1 N–H and O–H groups in total. The summed E-state index contributed by atoms with van der Waals surface area (Å²) in [6.45, 7) is 8.69. The molecule has 0 aliphatic heterocycles. The maximum Gasteiger partial charge on any atom is 0.0305 e. The zero-order chi connectivity index (χ0) is 13.0. The van der Waals surface area contributed by atoms with Crippen LogP contribution in [0.2, 0.25) is 0 Å². The van der Waals surface area contributed by atoms with E-state index in [9.17, 15) is 4.21 Å². The molecule has 0 radical (unpaired) electrons. The third-order valence-corrected chi connectivity index (χ3v) is 4.71. The van der Waals surface area contributed by atoms with Crippen molar-refractivity contribution < 1.29 is 4.21 Å². The summed E-state index contributed by atoms with van der Waals surface area (Å²) >= 11 is 1.85. The highest BCUT2D eigenvalue weighted by molar-refractivity contribution is 7.84. The third-order valence-electron chi connectivity index (χ3n) is 2.92. The molecule has 0 aliphatic carbocycles. The van der Waals surface area contributed by atoms with Crippen molar-refractivity contribution in [2.24, 2.45) is 0 Å². The molecule has 0 spiro atoms. The SMILES string of the molecule is Cc1cc(C(C)NC(C)CCS(C)=O)c(C)s1. The molecule has 2 nitrogen and oxygen atoms in total. The van der Waals surface area contributed by atoms with Crippen molar-refractivity contribution in [2.45, 2.75) is 46.2 Å². The molecule has 0 amide bonds. The van der Waals surface area contributed by atoms with Crippen LogP contribution < -0.4 is 5.32 Å². The van der Waals surface area contributed by atoms with Crippen molar-refractivity contribution in [3.05, 3.63) is 21.4 Å². The van der Waals surface area contributed by atoms with Crippen LogP contribution in [-0.4, -0.2) is 22.3 Å². The van der Waals surface area contributed by atoms with Crippen molar-refractivity contribution in [3.63, 3.8) is 0 Å². The van der Waals surface area contributed by atoms with E-state index in [1.54, 1.807) is 6.26 Å². The molecule has 1 aromatic rings. The molecule has 0 fully saturated rings. The van der Waals surface area contributed by atoms with E-state index in [0.717, 1.165) is 12.2 Å². The minimum absolute atomic E-state index is 0.375. The van der Waals surface area contributed by atoms with Crippen LogP contribution in [0.1, 0.15) is 41.6 Å². The molecule has 3 atom stereocenters. The van der Waals surface area contributed by atoms with Crippen LogP contribution in [0.3, 0.4) is 0 Å². The van der Waals surface area contributed by atoms with Crippen molar-refractivity contribution in [1.82, 2.24) is 5.32 Å². The predicted octanol–water partition coefficient (Wildman–Crippen LogP) is 3.17. The molecular weight excluding hydrogens is 250 g/mol. The van der Waals surface area contributed by atoms with E-state index in [1.165, 1.54) is 15.3 Å². The molecule has 0 aliphatic rings. The molecule has 0 saturated carbocycles. The Morgan fingerprint density at radius 3 is 2.53 bits per heavy atom. The van der Waals surface area contributed by atoms with Crippen LogP contribution in [0.4, 0.5) is 0 Å². The van der Waals surface area contributed by atoms with Gasteiger partial charge in [-0.2, -0.15) is 0 Å². The van der Waals surface area contributed by atoms with Gasteiger partial charge in [-0.1, -0.05) is 0 Å². The Morgan fingerprint density at radius 2 is 2.06 bits per heavy atom. The van der Waals surface area contributed by atoms with E-state index in [2.05, 4.69) is 39.1 Å². The molecule has 0 saturated heterocycles. The monoisotopic (exact) mass is 273 g/mol. The predicted molar refractivity (Wildman–Crippen MR) is 78.4 cm³/mol. The fraction of sp³-hybridized carbons (Fsp3) is 0.692. The summed E-state index contributed by atoms with van der Waals surface area (Å²) in [5.74, 6) is 0.780. The molecule has 1 heterocycles. The molecule has 3 unspecified atom stereocenters. The Hall–Kier alpha value is -0.190. The molecule has 17 heavy (non-hydrogen) atoms. The summed E-state index contributed by atoms with van der Waals surface area (Å²) in [5, 5.41) is 3.58. The largest absolute Gasteiger partial charge is 0.308 e. The minimum atomic E-state index is -0.684. The van der Waals surface area contributed by atoms with E-state index in [0.29, 0.717) is 12.1 Å². The van der Waals surface area contributed by atoms with Gasteiger partial charge < -0.3 is 5.32 Å². The van der Waals surface area contributed by atoms with E-state index < -0.39 is 10.8 Å². The van der Waals surface area contributed by atoms with Gasteiger partial charge in [-0.25, -0.2) is 0 Å². The maximum atomic E-state index is 11.0. The van der Waals surface area contributed by atoms with Gasteiger partial charge in [0.15, 0.2) is 0 Å². The highest BCUT2D eigenvalue weighted by Gasteiger charge is 2.13. The first-order chi connectivity index (χ1) is 7.90. The Kier molecular flexibility index (Phi) is 5.83. The fourth-order valence-electron chi connectivity index (χ4n) is 2.02. The fourth-order valence-corrected chi connectivity index (χ4v) is 3.73. The average molecular weight is 273 g/mol. The van der Waals surface area contributed by atoms with E-state index in [1.807, 2.05) is 11.3 Å². The summed E-state index contributed by atoms with van der Waals surface area (Å²) in [5.41, 5.74) is 1.40. The standard InChI is InChI=1S/C13H23NOS2/c1-9(6-7-17(5)15)14-11(3)13-8-10(2)16-12(13)4/h8-9,11,14H,6-7H2,1-5H3. The molecule has 4 heteroatoms. The van der Waals surface area contributed by atoms with Gasteiger partial charge in [0.25, 0.3) is 0 Å². The summed E-state index contributed by atoms with van der Waals surface area (Å²) in [7, 11) is -0.684. The highest BCUT2D eigenvalue weighted by Crippen LogP contribution is 2.26. The summed E-state index contributed by atoms with van der Waals surface area (Å²) < 4.78 is 11.0. The Labute approximate surface area is 111 Å². The minimum Gasteiger partial charge on any atom is -0.308 e. The average Bonchev–Trinajstić information content (AvgIpc) is 2.55. The van der Waals surface area contributed by atoms with Crippen LogP contribution >= 0.6 is 11.3 Å². The van der Waals surface area contributed by atoms with Crippen molar-refractivity contribution in [3.8, 4) is 0 Å². The van der Waals surface area contributed by atoms with Gasteiger partial charge in [0.1, 0.15) is 0 Å². The lowest BCUT2D eigenvalue weighted by atomic mass is 10.1. The maximum absolute atomic E-state index is 11.0. The highest BCUT2D eigenvalue weighted by atomic mass is 32.2. The summed E-state index contributed by atoms with van der Waals surface area (Å²) in [6, 6.07) is 3.05. The van der Waals surface area contributed by atoms with Gasteiger partial charge in [-0.05, 0) is 45.7 Å². The smallest absolute Gasteiger partial charge is 0.0305 e. The normalized spacial score (nSPS) is 16.8. The second-order valence-electron chi connectivity index (χ2n) is 4.72. The van der Waals surface area contributed by atoms with Crippen LogP contribution in [0.15, 0.2) is 6.07 Å².